The van der Waals surface area contributed by atoms with Crippen LogP contribution in [0.5, 0.6) is 5.88 Å². The first kappa shape index (κ1) is 15.2. The molecule has 1 fully saturated rings. The van der Waals surface area contributed by atoms with Gasteiger partial charge in [-0.2, -0.15) is 4.98 Å². The lowest BCUT2D eigenvalue weighted by Crippen LogP contribution is -2.44. The summed E-state index contributed by atoms with van der Waals surface area (Å²) in [6.45, 7) is 2.99. The molecule has 2 aromatic heterocycles. The van der Waals surface area contributed by atoms with Gasteiger partial charge in [-0.3, -0.25) is 9.59 Å². The lowest BCUT2D eigenvalue weighted by atomic mass is 10.1. The highest BCUT2D eigenvalue weighted by atomic mass is 16.5. The third-order valence-corrected chi connectivity index (χ3v) is 3.73. The number of pyridine rings is 1. The van der Waals surface area contributed by atoms with E-state index in [1.165, 1.54) is 12.3 Å². The SMILES string of the molecule is Cc1nccc(OC2CCCN(C(=O)c3ccc(=O)[nH]c3)C2)n1. The van der Waals surface area contributed by atoms with Crippen molar-refractivity contribution in [1.29, 1.82) is 0 Å². The molecule has 0 radical (unpaired) electrons. The molecule has 1 unspecified atom stereocenters. The highest BCUT2D eigenvalue weighted by molar-refractivity contribution is 5.93. The Labute approximate surface area is 133 Å². The number of piperidine rings is 1. The highest BCUT2D eigenvalue weighted by Crippen LogP contribution is 2.18. The van der Waals surface area contributed by atoms with Crippen LogP contribution in [-0.4, -0.2) is 45.0 Å². The normalized spacial score (nSPS) is 17.8. The molecule has 0 aliphatic carbocycles. The number of carbonyl (C=O) groups excluding carboxylic acids is 1. The molecule has 7 heteroatoms. The molecule has 0 spiro atoms. The van der Waals surface area contributed by atoms with Gasteiger partial charge in [0.05, 0.1) is 12.1 Å². The number of ether oxygens (including phenoxy) is 1. The Kier molecular flexibility index (Phi) is 4.36. The number of carbonyl (C=O) groups is 1. The minimum atomic E-state index is -0.222. The summed E-state index contributed by atoms with van der Waals surface area (Å²) >= 11 is 0. The molecule has 1 aliphatic rings. The minimum absolute atomic E-state index is 0.0928. The fourth-order valence-corrected chi connectivity index (χ4v) is 2.62. The minimum Gasteiger partial charge on any atom is -0.472 e. The molecule has 1 atom stereocenters. The molecule has 3 rings (SSSR count). The summed E-state index contributed by atoms with van der Waals surface area (Å²) in [5.41, 5.74) is 0.253. The quantitative estimate of drug-likeness (QED) is 0.918. The molecular weight excluding hydrogens is 296 g/mol. The van der Waals surface area contributed by atoms with Gasteiger partial charge < -0.3 is 14.6 Å². The summed E-state index contributed by atoms with van der Waals surface area (Å²) in [6, 6.07) is 4.62. The van der Waals surface area contributed by atoms with Crippen molar-refractivity contribution in [1.82, 2.24) is 19.9 Å². The van der Waals surface area contributed by atoms with Crippen LogP contribution in [0.25, 0.3) is 0 Å². The van der Waals surface area contributed by atoms with Gasteiger partial charge >= 0.3 is 0 Å². The molecule has 0 aromatic carbocycles. The van der Waals surface area contributed by atoms with Gasteiger partial charge in [-0.15, -0.1) is 0 Å². The van der Waals surface area contributed by atoms with Crippen molar-refractivity contribution in [2.24, 2.45) is 0 Å². The van der Waals surface area contributed by atoms with Gasteiger partial charge in [0.2, 0.25) is 11.4 Å². The number of hydrogen-bond donors (Lipinski definition) is 1. The number of H-pyrrole nitrogens is 1. The third-order valence-electron chi connectivity index (χ3n) is 3.73. The Bertz CT molecular complexity index is 738. The van der Waals surface area contributed by atoms with E-state index in [0.717, 1.165) is 12.8 Å². The first-order valence-electron chi connectivity index (χ1n) is 7.56. The van der Waals surface area contributed by atoms with Crippen molar-refractivity contribution in [3.05, 3.63) is 52.3 Å². The topological polar surface area (TPSA) is 88.2 Å². The maximum Gasteiger partial charge on any atom is 0.255 e. The van der Waals surface area contributed by atoms with E-state index in [9.17, 15) is 9.59 Å². The number of aromatic amines is 1. The standard InChI is InChI=1S/C16H18N4O3/c1-11-17-7-6-15(19-11)23-13-3-2-8-20(10-13)16(22)12-4-5-14(21)18-9-12/h4-7,9,13H,2-3,8,10H2,1H3,(H,18,21). The maximum atomic E-state index is 12.5. The van der Waals surface area contributed by atoms with E-state index in [2.05, 4.69) is 15.0 Å². The van der Waals surface area contributed by atoms with E-state index in [4.69, 9.17) is 4.74 Å². The fourth-order valence-electron chi connectivity index (χ4n) is 2.62. The van der Waals surface area contributed by atoms with Crippen LogP contribution in [0, 0.1) is 6.92 Å². The molecule has 7 nitrogen and oxygen atoms in total. The molecule has 1 saturated heterocycles. The van der Waals surface area contributed by atoms with Gasteiger partial charge in [-0.05, 0) is 25.8 Å². The monoisotopic (exact) mass is 314 g/mol. The predicted octanol–water partition coefficient (Wildman–Crippen LogP) is 1.16. The molecule has 23 heavy (non-hydrogen) atoms. The Morgan fingerprint density at radius 3 is 3.00 bits per heavy atom. The number of likely N-dealkylation sites (tertiary alicyclic amines) is 1. The highest BCUT2D eigenvalue weighted by Gasteiger charge is 2.26. The second kappa shape index (κ2) is 6.60. The molecule has 1 amide bonds. The van der Waals surface area contributed by atoms with Crippen LogP contribution in [0.1, 0.15) is 29.0 Å². The Morgan fingerprint density at radius 1 is 1.39 bits per heavy atom. The molecule has 1 aliphatic heterocycles. The number of hydrogen-bond acceptors (Lipinski definition) is 5. The Morgan fingerprint density at radius 2 is 2.26 bits per heavy atom. The van der Waals surface area contributed by atoms with Crippen LogP contribution in [-0.2, 0) is 0 Å². The van der Waals surface area contributed by atoms with Gasteiger partial charge in [0.1, 0.15) is 11.9 Å². The van der Waals surface area contributed by atoms with Crippen molar-refractivity contribution in [2.75, 3.05) is 13.1 Å². The summed E-state index contributed by atoms with van der Waals surface area (Å²) in [5.74, 6) is 1.08. The zero-order valence-corrected chi connectivity index (χ0v) is 12.9. The zero-order valence-electron chi connectivity index (χ0n) is 12.9. The Hall–Kier alpha value is -2.70. The molecule has 2 aromatic rings. The van der Waals surface area contributed by atoms with Gasteiger partial charge in [0, 0.05) is 31.1 Å². The summed E-state index contributed by atoms with van der Waals surface area (Å²) in [7, 11) is 0. The average molecular weight is 314 g/mol. The first-order chi connectivity index (χ1) is 11.1. The van der Waals surface area contributed by atoms with Crippen molar-refractivity contribution >= 4 is 5.91 Å². The number of nitrogens with one attached hydrogen (secondary N) is 1. The number of aryl methyl sites for hydroxylation is 1. The van der Waals surface area contributed by atoms with Gasteiger partial charge in [0.25, 0.3) is 5.91 Å². The van der Waals surface area contributed by atoms with Crippen LogP contribution in [0.15, 0.2) is 35.4 Å². The predicted molar refractivity (Wildman–Crippen MR) is 83.4 cm³/mol. The van der Waals surface area contributed by atoms with E-state index >= 15 is 0 Å². The van der Waals surface area contributed by atoms with Gasteiger partial charge in [0.15, 0.2) is 0 Å². The van der Waals surface area contributed by atoms with Crippen molar-refractivity contribution in [3.8, 4) is 5.88 Å². The van der Waals surface area contributed by atoms with E-state index in [1.807, 2.05) is 0 Å². The van der Waals surface area contributed by atoms with Gasteiger partial charge in [-0.1, -0.05) is 0 Å². The van der Waals surface area contributed by atoms with E-state index in [1.54, 1.807) is 30.2 Å². The number of amides is 1. The zero-order chi connectivity index (χ0) is 16.2. The van der Waals surface area contributed by atoms with Crippen LogP contribution >= 0.6 is 0 Å². The lowest BCUT2D eigenvalue weighted by molar-refractivity contribution is 0.0526. The van der Waals surface area contributed by atoms with Crippen LogP contribution in [0.3, 0.4) is 0 Å². The second-order valence-corrected chi connectivity index (χ2v) is 5.52. The number of aromatic nitrogens is 3. The summed E-state index contributed by atoms with van der Waals surface area (Å²) < 4.78 is 5.87. The van der Waals surface area contributed by atoms with E-state index in [0.29, 0.717) is 30.4 Å². The van der Waals surface area contributed by atoms with Crippen molar-refractivity contribution in [2.45, 2.75) is 25.9 Å². The molecule has 1 N–H and O–H groups in total. The molecular formula is C16H18N4O3. The average Bonchev–Trinajstić information content (AvgIpc) is 2.55. The molecule has 0 saturated carbocycles. The third kappa shape index (κ3) is 3.74. The van der Waals surface area contributed by atoms with Gasteiger partial charge in [-0.25, -0.2) is 4.98 Å². The van der Waals surface area contributed by atoms with E-state index in [-0.39, 0.29) is 17.6 Å². The molecule has 120 valence electrons. The van der Waals surface area contributed by atoms with Crippen LogP contribution in [0.2, 0.25) is 0 Å². The van der Waals surface area contributed by atoms with E-state index < -0.39 is 0 Å². The first-order valence-corrected chi connectivity index (χ1v) is 7.56. The van der Waals surface area contributed by atoms with Crippen LogP contribution in [0.4, 0.5) is 0 Å². The smallest absolute Gasteiger partial charge is 0.255 e. The lowest BCUT2D eigenvalue weighted by Gasteiger charge is -2.32. The van der Waals surface area contributed by atoms with Crippen LogP contribution < -0.4 is 10.3 Å². The second-order valence-electron chi connectivity index (χ2n) is 5.52. The van der Waals surface area contributed by atoms with Crippen molar-refractivity contribution in [3.63, 3.8) is 0 Å². The summed E-state index contributed by atoms with van der Waals surface area (Å²) in [6.07, 6.45) is 4.75. The number of nitrogens with zero attached hydrogens (tertiary/aromatic N) is 3. The molecule has 0 bridgehead atoms. The fraction of sp³-hybridized carbons (Fsp3) is 0.375. The Balaban J connectivity index is 1.67. The summed E-state index contributed by atoms with van der Waals surface area (Å²) in [5, 5.41) is 0. The molecule has 3 heterocycles. The van der Waals surface area contributed by atoms with Crippen molar-refractivity contribution < 1.29 is 9.53 Å². The largest absolute Gasteiger partial charge is 0.472 e. The number of rotatable bonds is 3. The maximum absolute atomic E-state index is 12.5. The summed E-state index contributed by atoms with van der Waals surface area (Å²) in [4.78, 5) is 36.1.